The van der Waals surface area contributed by atoms with Gasteiger partial charge < -0.3 is 19.9 Å². The molecule has 0 bridgehead atoms. The smallest absolute Gasteiger partial charge is 0.259 e. The Morgan fingerprint density at radius 2 is 1.82 bits per heavy atom. The van der Waals surface area contributed by atoms with Crippen LogP contribution in [0.1, 0.15) is 47.4 Å². The molecule has 34 heavy (non-hydrogen) atoms. The van der Waals surface area contributed by atoms with Gasteiger partial charge in [0.2, 0.25) is 0 Å². The van der Waals surface area contributed by atoms with Gasteiger partial charge in [-0.15, -0.1) is 0 Å². The lowest BCUT2D eigenvalue weighted by atomic mass is 10.0. The van der Waals surface area contributed by atoms with E-state index in [0.29, 0.717) is 22.9 Å². The van der Waals surface area contributed by atoms with E-state index in [2.05, 4.69) is 35.5 Å². The molecular formula is C25H28N8O. The Labute approximate surface area is 197 Å². The maximum atomic E-state index is 13.2. The molecule has 4 heterocycles. The first-order chi connectivity index (χ1) is 16.5. The number of benzene rings is 1. The molecule has 0 unspecified atom stereocenters. The number of carbonyl (C=O) groups is 1. The second-order valence-electron chi connectivity index (χ2n) is 9.40. The van der Waals surface area contributed by atoms with Gasteiger partial charge in [0.05, 0.1) is 28.7 Å². The number of carbonyl (C=O) groups excluding carboxylic acids is 1. The fourth-order valence-electron chi connectivity index (χ4n) is 4.94. The van der Waals surface area contributed by atoms with E-state index >= 15 is 0 Å². The molecule has 2 N–H and O–H groups in total. The van der Waals surface area contributed by atoms with Crippen molar-refractivity contribution in [2.75, 3.05) is 23.3 Å². The first-order valence-corrected chi connectivity index (χ1v) is 11.9. The van der Waals surface area contributed by atoms with E-state index in [1.165, 1.54) is 19.2 Å². The quantitative estimate of drug-likeness (QED) is 0.475. The predicted octanol–water partition coefficient (Wildman–Crippen LogP) is 3.26. The standard InChI is InChI=1S/C25H28N8O/c1-15-12-33-13-22(30-24(33)16(2)28-15)31-25(34)19-5-6-21(20-11-26-14-27-23(19)20)32-9-7-18(8-10-32)29-17-3-4-17/h5-6,11-14,17-18,29H,3-4,7-10H2,1-2H3,(H,31,34). The van der Waals surface area contributed by atoms with E-state index in [0.717, 1.165) is 60.1 Å². The van der Waals surface area contributed by atoms with Crippen LogP contribution < -0.4 is 15.5 Å². The van der Waals surface area contributed by atoms with E-state index < -0.39 is 0 Å². The number of aryl methyl sites for hydroxylation is 2. The number of aromatic nitrogens is 5. The first-order valence-electron chi connectivity index (χ1n) is 11.9. The number of nitrogens with zero attached hydrogens (tertiary/aromatic N) is 6. The molecule has 1 aromatic carbocycles. The topological polar surface area (TPSA) is 100 Å². The van der Waals surface area contributed by atoms with Crippen LogP contribution in [-0.2, 0) is 0 Å². The van der Waals surface area contributed by atoms with Crippen molar-refractivity contribution >= 4 is 34.0 Å². The third-order valence-corrected chi connectivity index (χ3v) is 6.75. The highest BCUT2D eigenvalue weighted by molar-refractivity contribution is 6.13. The number of nitrogens with one attached hydrogen (secondary N) is 2. The average Bonchev–Trinajstić information content (AvgIpc) is 3.56. The Bertz CT molecular complexity index is 1380. The SMILES string of the molecule is Cc1cn2cc(NC(=O)c3ccc(N4CCC(NC5CC5)CC4)c4cncnc34)nc2c(C)n1. The third-order valence-electron chi connectivity index (χ3n) is 6.75. The number of hydrogen-bond acceptors (Lipinski definition) is 7. The number of piperidine rings is 1. The summed E-state index contributed by atoms with van der Waals surface area (Å²) in [6, 6.07) is 5.22. The van der Waals surface area contributed by atoms with E-state index in [9.17, 15) is 4.79 Å². The Morgan fingerprint density at radius 3 is 2.62 bits per heavy atom. The summed E-state index contributed by atoms with van der Waals surface area (Å²) in [6.45, 7) is 5.81. The van der Waals surface area contributed by atoms with E-state index in [-0.39, 0.29) is 5.91 Å². The van der Waals surface area contributed by atoms with Crippen molar-refractivity contribution in [3.05, 3.63) is 54.0 Å². The maximum absolute atomic E-state index is 13.2. The largest absolute Gasteiger partial charge is 0.371 e. The number of anilines is 2. The van der Waals surface area contributed by atoms with E-state index in [4.69, 9.17) is 0 Å². The summed E-state index contributed by atoms with van der Waals surface area (Å²) in [6.07, 6.45) is 11.9. The van der Waals surface area contributed by atoms with Crippen molar-refractivity contribution in [2.45, 2.75) is 51.6 Å². The van der Waals surface area contributed by atoms with Crippen LogP contribution in [0.4, 0.5) is 11.5 Å². The van der Waals surface area contributed by atoms with Gasteiger partial charge >= 0.3 is 0 Å². The van der Waals surface area contributed by atoms with Crippen LogP contribution in [0, 0.1) is 13.8 Å². The molecule has 9 nitrogen and oxygen atoms in total. The van der Waals surface area contributed by atoms with Gasteiger partial charge in [0.25, 0.3) is 5.91 Å². The van der Waals surface area contributed by atoms with Gasteiger partial charge in [0, 0.05) is 48.6 Å². The van der Waals surface area contributed by atoms with Crippen molar-refractivity contribution in [2.24, 2.45) is 0 Å². The first kappa shape index (κ1) is 21.0. The molecule has 2 aliphatic rings. The highest BCUT2D eigenvalue weighted by atomic mass is 16.1. The van der Waals surface area contributed by atoms with Gasteiger partial charge in [-0.1, -0.05) is 0 Å². The molecule has 3 aromatic heterocycles. The highest BCUT2D eigenvalue weighted by Crippen LogP contribution is 2.31. The molecule has 1 aliphatic carbocycles. The summed E-state index contributed by atoms with van der Waals surface area (Å²) in [5.74, 6) is 0.241. The summed E-state index contributed by atoms with van der Waals surface area (Å²) in [4.78, 5) is 33.4. The molecule has 4 aromatic rings. The molecule has 2 fully saturated rings. The lowest BCUT2D eigenvalue weighted by Crippen LogP contribution is -2.43. The lowest BCUT2D eigenvalue weighted by molar-refractivity contribution is 0.102. The Kier molecular flexibility index (Phi) is 5.13. The molecule has 0 atom stereocenters. The Balaban J connectivity index is 1.26. The predicted molar refractivity (Wildman–Crippen MR) is 131 cm³/mol. The zero-order valence-corrected chi connectivity index (χ0v) is 19.5. The molecule has 1 saturated carbocycles. The van der Waals surface area contributed by atoms with Crippen LogP contribution in [0.2, 0.25) is 0 Å². The van der Waals surface area contributed by atoms with Gasteiger partial charge in [0.1, 0.15) is 6.33 Å². The molecule has 0 spiro atoms. The molecule has 1 saturated heterocycles. The van der Waals surface area contributed by atoms with Crippen molar-refractivity contribution in [1.82, 2.24) is 29.7 Å². The highest BCUT2D eigenvalue weighted by Gasteiger charge is 2.28. The van der Waals surface area contributed by atoms with Crippen molar-refractivity contribution in [3.8, 4) is 0 Å². The van der Waals surface area contributed by atoms with Gasteiger partial charge in [-0.05, 0) is 51.7 Å². The van der Waals surface area contributed by atoms with E-state index in [1.807, 2.05) is 42.8 Å². The number of fused-ring (bicyclic) bond motifs is 2. The summed E-state index contributed by atoms with van der Waals surface area (Å²) < 4.78 is 1.89. The number of amides is 1. The minimum absolute atomic E-state index is 0.242. The number of imidazole rings is 1. The van der Waals surface area contributed by atoms with Gasteiger partial charge in [0.15, 0.2) is 11.5 Å². The minimum Gasteiger partial charge on any atom is -0.371 e. The van der Waals surface area contributed by atoms with Gasteiger partial charge in [-0.25, -0.2) is 15.0 Å². The Morgan fingerprint density at radius 1 is 1.03 bits per heavy atom. The third kappa shape index (κ3) is 3.96. The molecule has 174 valence electrons. The van der Waals surface area contributed by atoms with Crippen LogP contribution in [0.15, 0.2) is 37.1 Å². The number of hydrogen-bond donors (Lipinski definition) is 2. The fraction of sp³-hybridized carbons (Fsp3) is 0.400. The molecule has 1 aliphatic heterocycles. The summed E-state index contributed by atoms with van der Waals surface area (Å²) in [5.41, 5.74) is 4.69. The summed E-state index contributed by atoms with van der Waals surface area (Å²) in [7, 11) is 0. The van der Waals surface area contributed by atoms with Gasteiger partial charge in [-0.3, -0.25) is 9.78 Å². The molecule has 9 heteroatoms. The fourth-order valence-corrected chi connectivity index (χ4v) is 4.94. The minimum atomic E-state index is -0.242. The maximum Gasteiger partial charge on any atom is 0.259 e. The second kappa shape index (κ2) is 8.32. The monoisotopic (exact) mass is 456 g/mol. The zero-order chi connectivity index (χ0) is 23.2. The Hall–Kier alpha value is -3.59. The molecular weight excluding hydrogens is 428 g/mol. The van der Waals surface area contributed by atoms with Crippen molar-refractivity contribution in [1.29, 1.82) is 0 Å². The normalized spacial score (nSPS) is 16.9. The van der Waals surface area contributed by atoms with E-state index in [1.54, 1.807) is 6.20 Å². The van der Waals surface area contributed by atoms with Crippen LogP contribution in [0.25, 0.3) is 16.6 Å². The van der Waals surface area contributed by atoms with Crippen LogP contribution in [0.3, 0.4) is 0 Å². The zero-order valence-electron chi connectivity index (χ0n) is 19.5. The van der Waals surface area contributed by atoms with Crippen LogP contribution in [-0.4, -0.2) is 55.4 Å². The second-order valence-corrected chi connectivity index (χ2v) is 9.40. The molecule has 0 radical (unpaired) electrons. The van der Waals surface area contributed by atoms with Gasteiger partial charge in [-0.2, -0.15) is 0 Å². The average molecular weight is 457 g/mol. The lowest BCUT2D eigenvalue weighted by Gasteiger charge is -2.34. The molecule has 6 rings (SSSR count). The van der Waals surface area contributed by atoms with Crippen LogP contribution in [0.5, 0.6) is 0 Å². The summed E-state index contributed by atoms with van der Waals surface area (Å²) >= 11 is 0. The van der Waals surface area contributed by atoms with Crippen molar-refractivity contribution in [3.63, 3.8) is 0 Å². The number of rotatable bonds is 5. The van der Waals surface area contributed by atoms with Crippen molar-refractivity contribution < 1.29 is 4.79 Å². The summed E-state index contributed by atoms with van der Waals surface area (Å²) in [5, 5.41) is 7.58. The molecule has 1 amide bonds. The van der Waals surface area contributed by atoms with Crippen LogP contribution >= 0.6 is 0 Å².